The van der Waals surface area contributed by atoms with E-state index in [0.29, 0.717) is 17.8 Å². The van der Waals surface area contributed by atoms with E-state index in [1.54, 1.807) is 6.92 Å². The molecular weight excluding hydrogens is 448 g/mol. The number of hydrogen-bond acceptors (Lipinski definition) is 5. The number of nitrogens with zero attached hydrogens (tertiary/aromatic N) is 4. The van der Waals surface area contributed by atoms with Gasteiger partial charge in [0.25, 0.3) is 11.5 Å². The summed E-state index contributed by atoms with van der Waals surface area (Å²) in [4.78, 5) is 39.8. The van der Waals surface area contributed by atoms with Gasteiger partial charge in [-0.15, -0.1) is 0 Å². The number of fused-ring (bicyclic) bond motifs is 1. The van der Waals surface area contributed by atoms with Gasteiger partial charge >= 0.3 is 0 Å². The van der Waals surface area contributed by atoms with Gasteiger partial charge in [0.2, 0.25) is 18.2 Å². The molecule has 2 fully saturated rings. The average Bonchev–Trinajstić information content (AvgIpc) is 3.31. The number of amides is 2. The van der Waals surface area contributed by atoms with E-state index in [9.17, 15) is 28.3 Å². The van der Waals surface area contributed by atoms with Crippen LogP contribution in [0.3, 0.4) is 0 Å². The number of aryl methyl sites for hydroxylation is 1. The molecule has 1 atom stereocenters. The molecule has 9 nitrogen and oxygen atoms in total. The van der Waals surface area contributed by atoms with Crippen LogP contribution in [0.2, 0.25) is 0 Å². The van der Waals surface area contributed by atoms with Gasteiger partial charge in [-0.1, -0.05) is 13.8 Å². The third-order valence-electron chi connectivity index (χ3n) is 6.20. The standard InChI is InChI=1S/C23H29F2N5O4/c1-12(2)10-29-21-16(6-7-17(31)28-9-8-14(11-28)19(24)25)13(3)27-30(21)23(34)18(22(29)33)20(32)26-15-4-5-15/h6-7,12,14-15,19,33H,4-5,8-11H2,1-3H3,(H,26,32). The van der Waals surface area contributed by atoms with Crippen molar-refractivity contribution < 1.29 is 23.5 Å². The van der Waals surface area contributed by atoms with Gasteiger partial charge in [0, 0.05) is 43.2 Å². The van der Waals surface area contributed by atoms with Crippen molar-refractivity contribution in [1.82, 2.24) is 24.4 Å². The summed E-state index contributed by atoms with van der Waals surface area (Å²) in [5.74, 6) is -2.29. The molecule has 2 aromatic heterocycles. The summed E-state index contributed by atoms with van der Waals surface area (Å²) in [5.41, 5.74) is -0.0132. The third kappa shape index (κ3) is 4.55. The van der Waals surface area contributed by atoms with E-state index in [1.165, 1.54) is 21.6 Å². The Morgan fingerprint density at radius 1 is 1.26 bits per heavy atom. The van der Waals surface area contributed by atoms with Crippen molar-refractivity contribution in [3.8, 4) is 5.88 Å². The SMILES string of the molecule is Cc1nn2c(=O)c(C(=O)NC3CC3)c(O)n(CC(C)C)c2c1C=CC(=O)N1CCC(C(F)F)C1. The summed E-state index contributed by atoms with van der Waals surface area (Å²) < 4.78 is 28.4. The minimum atomic E-state index is -2.47. The minimum Gasteiger partial charge on any atom is -0.494 e. The number of halogens is 2. The van der Waals surface area contributed by atoms with Gasteiger partial charge in [0.15, 0.2) is 5.56 Å². The van der Waals surface area contributed by atoms with E-state index < -0.39 is 35.6 Å². The quantitative estimate of drug-likeness (QED) is 0.595. The highest BCUT2D eigenvalue weighted by Crippen LogP contribution is 2.27. The predicted molar refractivity (Wildman–Crippen MR) is 121 cm³/mol. The Morgan fingerprint density at radius 2 is 1.97 bits per heavy atom. The Balaban J connectivity index is 1.75. The van der Waals surface area contributed by atoms with Crippen LogP contribution in [0.15, 0.2) is 10.9 Å². The van der Waals surface area contributed by atoms with Crippen LogP contribution in [-0.4, -0.2) is 61.6 Å². The molecule has 3 heterocycles. The molecular formula is C23H29F2N5O4. The first kappa shape index (κ1) is 23.9. The fraction of sp³-hybridized carbons (Fsp3) is 0.565. The lowest BCUT2D eigenvalue weighted by Crippen LogP contribution is -2.34. The second kappa shape index (κ2) is 9.19. The van der Waals surface area contributed by atoms with Crippen molar-refractivity contribution >= 4 is 23.5 Å². The summed E-state index contributed by atoms with van der Waals surface area (Å²) >= 11 is 0. The van der Waals surface area contributed by atoms with Crippen LogP contribution in [0.5, 0.6) is 5.88 Å². The van der Waals surface area contributed by atoms with Gasteiger partial charge in [0.05, 0.1) is 5.69 Å². The van der Waals surface area contributed by atoms with Gasteiger partial charge in [0.1, 0.15) is 5.65 Å². The maximum absolute atomic E-state index is 13.1. The molecule has 1 saturated carbocycles. The number of rotatable bonds is 7. The highest BCUT2D eigenvalue weighted by molar-refractivity contribution is 5.97. The molecule has 184 valence electrons. The zero-order valence-electron chi connectivity index (χ0n) is 19.4. The van der Waals surface area contributed by atoms with E-state index in [-0.39, 0.29) is 42.7 Å². The summed E-state index contributed by atoms with van der Waals surface area (Å²) in [5, 5.41) is 18.0. The second-order valence-electron chi connectivity index (χ2n) is 9.49. The third-order valence-corrected chi connectivity index (χ3v) is 6.20. The molecule has 1 saturated heterocycles. The van der Waals surface area contributed by atoms with Gasteiger partial charge in [-0.2, -0.15) is 9.61 Å². The fourth-order valence-corrected chi connectivity index (χ4v) is 4.24. The molecule has 11 heteroatoms. The summed E-state index contributed by atoms with van der Waals surface area (Å²) in [6.45, 7) is 6.04. The number of hydrogen-bond donors (Lipinski definition) is 2. The molecule has 1 aliphatic heterocycles. The first-order chi connectivity index (χ1) is 16.1. The summed E-state index contributed by atoms with van der Waals surface area (Å²) in [7, 11) is 0. The molecule has 0 bridgehead atoms. The van der Waals surface area contributed by atoms with Gasteiger partial charge in [-0.25, -0.2) is 8.78 Å². The highest BCUT2D eigenvalue weighted by atomic mass is 19.3. The molecule has 0 aromatic carbocycles. The second-order valence-corrected chi connectivity index (χ2v) is 9.49. The van der Waals surface area contributed by atoms with Crippen LogP contribution in [0.4, 0.5) is 8.78 Å². The number of aromatic nitrogens is 3. The van der Waals surface area contributed by atoms with Crippen LogP contribution >= 0.6 is 0 Å². The maximum atomic E-state index is 13.1. The van der Waals surface area contributed by atoms with Crippen molar-refractivity contribution in [2.24, 2.45) is 11.8 Å². The molecule has 2 N–H and O–H groups in total. The lowest BCUT2D eigenvalue weighted by molar-refractivity contribution is -0.125. The van der Waals surface area contributed by atoms with Gasteiger partial charge < -0.3 is 15.3 Å². The first-order valence-electron chi connectivity index (χ1n) is 11.5. The van der Waals surface area contributed by atoms with Crippen molar-refractivity contribution in [1.29, 1.82) is 0 Å². The molecule has 0 radical (unpaired) electrons. The number of alkyl halides is 2. The van der Waals surface area contributed by atoms with Crippen LogP contribution in [0.1, 0.15) is 54.7 Å². The predicted octanol–water partition coefficient (Wildman–Crippen LogP) is 2.19. The Labute approximate surface area is 195 Å². The van der Waals surface area contributed by atoms with Crippen LogP contribution in [0.25, 0.3) is 11.7 Å². The molecule has 2 aliphatic rings. The largest absolute Gasteiger partial charge is 0.494 e. The molecule has 1 aliphatic carbocycles. The Bertz CT molecular complexity index is 1210. The lowest BCUT2D eigenvalue weighted by Gasteiger charge is -2.17. The molecule has 2 amide bonds. The van der Waals surface area contributed by atoms with Crippen molar-refractivity contribution in [3.63, 3.8) is 0 Å². The lowest BCUT2D eigenvalue weighted by atomic mass is 10.1. The topological polar surface area (TPSA) is 109 Å². The molecule has 4 rings (SSSR count). The number of aromatic hydroxyl groups is 1. The maximum Gasteiger partial charge on any atom is 0.291 e. The summed E-state index contributed by atoms with van der Waals surface area (Å²) in [6, 6.07) is -0.000310. The van der Waals surface area contributed by atoms with Crippen LogP contribution in [0, 0.1) is 18.8 Å². The van der Waals surface area contributed by atoms with E-state index >= 15 is 0 Å². The number of carbonyl (C=O) groups excluding carboxylic acids is 2. The molecule has 34 heavy (non-hydrogen) atoms. The highest BCUT2D eigenvalue weighted by Gasteiger charge is 2.32. The Kier molecular flexibility index (Phi) is 6.46. The average molecular weight is 478 g/mol. The monoisotopic (exact) mass is 477 g/mol. The Morgan fingerprint density at radius 3 is 2.56 bits per heavy atom. The van der Waals surface area contributed by atoms with Crippen molar-refractivity contribution in [2.75, 3.05) is 13.1 Å². The number of likely N-dealkylation sites (tertiary alicyclic amines) is 1. The first-order valence-corrected chi connectivity index (χ1v) is 11.5. The van der Waals surface area contributed by atoms with E-state index in [2.05, 4.69) is 10.4 Å². The zero-order chi connectivity index (χ0) is 24.7. The molecule has 1 unspecified atom stereocenters. The fourth-order valence-electron chi connectivity index (χ4n) is 4.24. The minimum absolute atomic E-state index is 0.000310. The van der Waals surface area contributed by atoms with E-state index in [1.807, 2.05) is 13.8 Å². The smallest absolute Gasteiger partial charge is 0.291 e. The van der Waals surface area contributed by atoms with Gasteiger partial charge in [-0.3, -0.25) is 19.0 Å². The number of carbonyl (C=O) groups is 2. The molecule has 2 aromatic rings. The zero-order valence-corrected chi connectivity index (χ0v) is 19.4. The van der Waals surface area contributed by atoms with Crippen LogP contribution in [-0.2, 0) is 11.3 Å². The van der Waals surface area contributed by atoms with E-state index in [4.69, 9.17) is 0 Å². The Hall–Kier alpha value is -3.24. The van der Waals surface area contributed by atoms with Crippen LogP contribution < -0.4 is 10.9 Å². The van der Waals surface area contributed by atoms with Crippen molar-refractivity contribution in [3.05, 3.63) is 33.3 Å². The molecule has 0 spiro atoms. The normalized spacial score (nSPS) is 18.7. The van der Waals surface area contributed by atoms with E-state index in [0.717, 1.165) is 17.4 Å². The summed E-state index contributed by atoms with van der Waals surface area (Å²) in [6.07, 6.45) is 2.19. The number of nitrogens with one attached hydrogen (secondary N) is 1. The van der Waals surface area contributed by atoms with Crippen molar-refractivity contribution in [2.45, 2.75) is 59.0 Å². The van der Waals surface area contributed by atoms with Gasteiger partial charge in [-0.05, 0) is 38.2 Å².